The van der Waals surface area contributed by atoms with Gasteiger partial charge in [0, 0.05) is 30.1 Å². The zero-order chi connectivity index (χ0) is 17.6. The van der Waals surface area contributed by atoms with Gasteiger partial charge < -0.3 is 14.5 Å². The highest BCUT2D eigenvalue weighted by atomic mass is 35.5. The third-order valence-electron chi connectivity index (χ3n) is 5.01. The third kappa shape index (κ3) is 2.89. The monoisotopic (exact) mass is 372 g/mol. The summed E-state index contributed by atoms with van der Waals surface area (Å²) in [5.74, 6) is 0.307. The summed E-state index contributed by atoms with van der Waals surface area (Å²) in [7, 11) is 2.07. The predicted molar refractivity (Wildman–Crippen MR) is 92.4 cm³/mol. The van der Waals surface area contributed by atoms with Crippen LogP contribution in [0.1, 0.15) is 10.4 Å². The number of sulfone groups is 1. The first kappa shape index (κ1) is 17.5. The van der Waals surface area contributed by atoms with Gasteiger partial charge in [0.15, 0.2) is 9.84 Å². The van der Waals surface area contributed by atoms with Crippen molar-refractivity contribution in [1.82, 2.24) is 9.80 Å². The number of ether oxygens (including phenoxy) is 1. The first-order valence-electron chi connectivity index (χ1n) is 7.75. The Bertz CT molecular complexity index is 765. The number of amides is 1. The van der Waals surface area contributed by atoms with Gasteiger partial charge >= 0.3 is 0 Å². The number of carbonyl (C=O) groups excluding carboxylic acids is 1. The molecule has 1 aromatic carbocycles. The molecule has 1 aromatic rings. The Morgan fingerprint density at radius 3 is 2.67 bits per heavy atom. The average molecular weight is 373 g/mol. The average Bonchev–Trinajstić information content (AvgIpc) is 3.06. The van der Waals surface area contributed by atoms with E-state index in [2.05, 4.69) is 0 Å². The summed E-state index contributed by atoms with van der Waals surface area (Å²) in [5.41, 5.74) is 0.365. The van der Waals surface area contributed by atoms with Gasteiger partial charge in [0.2, 0.25) is 0 Å². The number of hydrogen-bond donors (Lipinski definition) is 0. The molecule has 8 heteroatoms. The van der Waals surface area contributed by atoms with Gasteiger partial charge in [-0.05, 0) is 32.3 Å². The predicted octanol–water partition coefficient (Wildman–Crippen LogP) is 1.15. The maximum Gasteiger partial charge on any atom is 0.257 e. The van der Waals surface area contributed by atoms with Crippen LogP contribution in [0.4, 0.5) is 0 Å². The molecular weight excluding hydrogens is 352 g/mol. The van der Waals surface area contributed by atoms with Crippen LogP contribution in [0.15, 0.2) is 18.2 Å². The van der Waals surface area contributed by atoms with Gasteiger partial charge in [-0.1, -0.05) is 11.6 Å². The number of hydrogen-bond acceptors (Lipinski definition) is 5. The lowest BCUT2D eigenvalue weighted by atomic mass is 10.00. The first-order valence-corrected chi connectivity index (χ1v) is 9.84. The highest BCUT2D eigenvalue weighted by Gasteiger charge is 2.53. The summed E-state index contributed by atoms with van der Waals surface area (Å²) in [5, 5.41) is -0.0450. The fraction of sp³-hybridized carbons (Fsp3) is 0.562. The van der Waals surface area contributed by atoms with E-state index in [1.807, 2.05) is 19.0 Å². The number of fused-ring (bicyclic) bond motifs is 1. The minimum absolute atomic E-state index is 0.0564. The fourth-order valence-corrected chi connectivity index (χ4v) is 6.40. The summed E-state index contributed by atoms with van der Waals surface area (Å²) in [6, 6.07) is 4.81. The summed E-state index contributed by atoms with van der Waals surface area (Å²) in [6.45, 7) is 0.660. The van der Waals surface area contributed by atoms with Crippen LogP contribution in [0.25, 0.3) is 0 Å². The molecule has 2 saturated heterocycles. The number of nitrogens with zero attached hydrogens (tertiary/aromatic N) is 2. The fourth-order valence-electron chi connectivity index (χ4n) is 3.75. The molecule has 3 atom stereocenters. The summed E-state index contributed by atoms with van der Waals surface area (Å²) in [6.07, 6.45) is 0. The molecule has 0 radical (unpaired) electrons. The van der Waals surface area contributed by atoms with Gasteiger partial charge in [-0.25, -0.2) is 8.42 Å². The number of rotatable bonds is 3. The molecule has 0 unspecified atom stereocenters. The molecule has 2 aliphatic rings. The number of methoxy groups -OCH3 is 1. The quantitative estimate of drug-likeness (QED) is 0.796. The molecule has 2 aliphatic heterocycles. The van der Waals surface area contributed by atoms with Gasteiger partial charge in [-0.2, -0.15) is 0 Å². The topological polar surface area (TPSA) is 66.9 Å². The van der Waals surface area contributed by atoms with Crippen molar-refractivity contribution >= 4 is 27.3 Å². The Kier molecular flexibility index (Phi) is 4.53. The molecule has 6 nitrogen and oxygen atoms in total. The lowest BCUT2D eigenvalue weighted by Gasteiger charge is -2.25. The zero-order valence-electron chi connectivity index (χ0n) is 13.9. The second kappa shape index (κ2) is 6.20. The van der Waals surface area contributed by atoms with E-state index in [0.29, 0.717) is 22.9 Å². The largest absolute Gasteiger partial charge is 0.496 e. The molecule has 0 saturated carbocycles. The molecule has 24 heavy (non-hydrogen) atoms. The lowest BCUT2D eigenvalue weighted by Crippen LogP contribution is -2.38. The number of likely N-dealkylation sites (tertiary alicyclic amines) is 1. The molecule has 0 aromatic heterocycles. The first-order chi connectivity index (χ1) is 11.2. The van der Waals surface area contributed by atoms with Crippen molar-refractivity contribution < 1.29 is 17.9 Å². The van der Waals surface area contributed by atoms with Gasteiger partial charge in [-0.15, -0.1) is 0 Å². The van der Waals surface area contributed by atoms with Crippen LogP contribution in [0.2, 0.25) is 5.02 Å². The number of carbonyl (C=O) groups is 1. The number of benzene rings is 1. The molecule has 132 valence electrons. The van der Waals surface area contributed by atoms with E-state index < -0.39 is 15.1 Å². The Morgan fingerprint density at radius 2 is 2.04 bits per heavy atom. The Labute approximate surface area is 147 Å². The maximum absolute atomic E-state index is 12.9. The molecule has 0 bridgehead atoms. The number of halogens is 1. The molecule has 0 spiro atoms. The van der Waals surface area contributed by atoms with Crippen molar-refractivity contribution in [2.45, 2.75) is 11.3 Å². The lowest BCUT2D eigenvalue weighted by molar-refractivity contribution is 0.0776. The Hall–Kier alpha value is -1.31. The van der Waals surface area contributed by atoms with Crippen molar-refractivity contribution in [3.8, 4) is 5.75 Å². The van der Waals surface area contributed by atoms with Crippen LogP contribution in [0.5, 0.6) is 5.75 Å². The zero-order valence-corrected chi connectivity index (χ0v) is 15.5. The minimum Gasteiger partial charge on any atom is -0.496 e. The summed E-state index contributed by atoms with van der Waals surface area (Å²) in [4.78, 5) is 16.4. The van der Waals surface area contributed by atoms with E-state index in [1.165, 1.54) is 7.11 Å². The van der Waals surface area contributed by atoms with Crippen LogP contribution in [0, 0.1) is 5.92 Å². The second-order valence-corrected chi connectivity index (χ2v) is 9.32. The van der Waals surface area contributed by atoms with Crippen molar-refractivity contribution in [3.05, 3.63) is 28.8 Å². The van der Waals surface area contributed by atoms with Crippen molar-refractivity contribution in [1.29, 1.82) is 0 Å². The SMILES string of the molecule is COc1ccc(Cl)cc1C(=O)N1C[C@H]2[C@H](N(C)C)CS(=O)(=O)[C@H]2C1. The maximum atomic E-state index is 12.9. The molecule has 2 fully saturated rings. The highest BCUT2D eigenvalue weighted by molar-refractivity contribution is 7.92. The van der Waals surface area contributed by atoms with Gasteiger partial charge in [0.05, 0.1) is 23.7 Å². The van der Waals surface area contributed by atoms with Crippen molar-refractivity contribution in [2.75, 3.05) is 40.0 Å². The Balaban J connectivity index is 1.88. The van der Waals surface area contributed by atoms with E-state index in [9.17, 15) is 13.2 Å². The highest BCUT2D eigenvalue weighted by Crippen LogP contribution is 2.37. The molecule has 0 aliphatic carbocycles. The molecule has 1 amide bonds. The van der Waals surface area contributed by atoms with E-state index >= 15 is 0 Å². The van der Waals surface area contributed by atoms with E-state index in [4.69, 9.17) is 16.3 Å². The van der Waals surface area contributed by atoms with Crippen molar-refractivity contribution in [2.24, 2.45) is 5.92 Å². The summed E-state index contributed by atoms with van der Waals surface area (Å²) >= 11 is 6.00. The minimum atomic E-state index is -3.18. The van der Waals surface area contributed by atoms with Crippen LogP contribution in [-0.2, 0) is 9.84 Å². The molecule has 2 heterocycles. The Morgan fingerprint density at radius 1 is 1.33 bits per heavy atom. The third-order valence-corrected chi connectivity index (χ3v) is 7.47. The van der Waals surface area contributed by atoms with Crippen molar-refractivity contribution in [3.63, 3.8) is 0 Å². The van der Waals surface area contributed by atoms with Gasteiger partial charge in [-0.3, -0.25) is 4.79 Å². The normalized spacial score (nSPS) is 28.2. The van der Waals surface area contributed by atoms with Gasteiger partial charge in [0.25, 0.3) is 5.91 Å². The second-order valence-electron chi connectivity index (χ2n) is 6.62. The molecule has 0 N–H and O–H groups in total. The van der Waals surface area contributed by atoms with E-state index in [-0.39, 0.29) is 30.2 Å². The smallest absolute Gasteiger partial charge is 0.257 e. The van der Waals surface area contributed by atoms with Gasteiger partial charge in [0.1, 0.15) is 5.75 Å². The van der Waals surface area contributed by atoms with Crippen LogP contribution < -0.4 is 4.74 Å². The molecule has 3 rings (SSSR count). The summed E-state index contributed by atoms with van der Waals surface area (Å²) < 4.78 is 30.1. The van der Waals surface area contributed by atoms with Crippen LogP contribution in [0.3, 0.4) is 0 Å². The van der Waals surface area contributed by atoms with E-state index in [0.717, 1.165) is 0 Å². The van der Waals surface area contributed by atoms with Crippen LogP contribution >= 0.6 is 11.6 Å². The van der Waals surface area contributed by atoms with E-state index in [1.54, 1.807) is 23.1 Å². The van der Waals surface area contributed by atoms with Crippen LogP contribution in [-0.4, -0.2) is 75.5 Å². The standard InChI is InChI=1S/C16H21ClN2O4S/c1-18(2)13-9-24(21,22)15-8-19(7-12(13)15)16(20)11-6-10(17)4-5-14(11)23-3/h4-6,12-13,15H,7-9H2,1-3H3/t12-,13+,15-/m0/s1. The molecular formula is C16H21ClN2O4S.